The van der Waals surface area contributed by atoms with E-state index < -0.39 is 0 Å². The maximum absolute atomic E-state index is 5.84. The Balaban J connectivity index is 2.19. The minimum absolute atomic E-state index is 0.449. The average molecular weight is 259 g/mol. The van der Waals surface area contributed by atoms with Crippen molar-refractivity contribution in [3.05, 3.63) is 34.5 Å². The van der Waals surface area contributed by atoms with Crippen molar-refractivity contribution in [1.82, 2.24) is 9.97 Å². The van der Waals surface area contributed by atoms with Crippen molar-refractivity contribution < 1.29 is 4.42 Å². The summed E-state index contributed by atoms with van der Waals surface area (Å²) in [5, 5.41) is 0.904. The number of rotatable bonds is 2. The van der Waals surface area contributed by atoms with Crippen LogP contribution in [0.3, 0.4) is 0 Å². The molecule has 0 amide bonds. The van der Waals surface area contributed by atoms with Gasteiger partial charge in [0.05, 0.1) is 5.69 Å². The van der Waals surface area contributed by atoms with Crippen molar-refractivity contribution in [3.8, 4) is 10.8 Å². The van der Waals surface area contributed by atoms with Crippen LogP contribution in [0.4, 0.5) is 0 Å². The van der Waals surface area contributed by atoms with Gasteiger partial charge < -0.3 is 10.2 Å². The molecule has 92 valence electrons. The van der Waals surface area contributed by atoms with E-state index in [-0.39, 0.29) is 0 Å². The van der Waals surface area contributed by atoms with E-state index in [2.05, 4.69) is 9.97 Å². The molecule has 18 heavy (non-hydrogen) atoms. The molecule has 2 aromatic heterocycles. The molecular formula is C13H13N3OS. The minimum atomic E-state index is 0.449. The molecule has 2 heterocycles. The Labute approximate surface area is 108 Å². The topological polar surface area (TPSA) is 64.9 Å². The Morgan fingerprint density at radius 3 is 2.78 bits per heavy atom. The highest BCUT2D eigenvalue weighted by molar-refractivity contribution is 7.15. The standard InChI is InChI=1S/C13H13N3OS/c1-7-4-3-5-9-11(7)17-13(16-9)12-8(2)15-10(6-14)18-12/h3-5H,6,14H2,1-2H3. The highest BCUT2D eigenvalue weighted by atomic mass is 32.1. The fourth-order valence-electron chi connectivity index (χ4n) is 1.92. The molecule has 3 rings (SSSR count). The van der Waals surface area contributed by atoms with Gasteiger partial charge in [-0.15, -0.1) is 11.3 Å². The van der Waals surface area contributed by atoms with Crippen molar-refractivity contribution in [2.75, 3.05) is 0 Å². The summed E-state index contributed by atoms with van der Waals surface area (Å²) in [6.07, 6.45) is 0. The van der Waals surface area contributed by atoms with E-state index in [9.17, 15) is 0 Å². The lowest BCUT2D eigenvalue weighted by molar-refractivity contribution is 0.618. The number of hydrogen-bond acceptors (Lipinski definition) is 5. The van der Waals surface area contributed by atoms with Gasteiger partial charge in [0.25, 0.3) is 0 Å². The van der Waals surface area contributed by atoms with Gasteiger partial charge in [-0.2, -0.15) is 0 Å². The predicted octanol–water partition coefficient (Wildman–Crippen LogP) is 3.03. The molecule has 4 nitrogen and oxygen atoms in total. The van der Waals surface area contributed by atoms with Crippen LogP contribution in [0.1, 0.15) is 16.3 Å². The molecule has 0 spiro atoms. The molecule has 1 aromatic carbocycles. The lowest BCUT2D eigenvalue weighted by atomic mass is 10.2. The summed E-state index contributed by atoms with van der Waals surface area (Å²) in [5.74, 6) is 0.633. The summed E-state index contributed by atoms with van der Waals surface area (Å²) >= 11 is 1.54. The molecule has 0 bridgehead atoms. The fourth-order valence-corrected chi connectivity index (χ4v) is 2.79. The molecule has 0 radical (unpaired) electrons. The zero-order chi connectivity index (χ0) is 12.7. The number of para-hydroxylation sites is 1. The third-order valence-corrected chi connectivity index (χ3v) is 3.99. The van der Waals surface area contributed by atoms with Crippen LogP contribution in [0, 0.1) is 13.8 Å². The molecule has 2 N–H and O–H groups in total. The van der Waals surface area contributed by atoms with E-state index in [0.29, 0.717) is 12.4 Å². The third-order valence-electron chi connectivity index (χ3n) is 2.82. The summed E-state index contributed by atoms with van der Waals surface area (Å²) in [7, 11) is 0. The van der Waals surface area contributed by atoms with Gasteiger partial charge in [-0.05, 0) is 25.5 Å². The van der Waals surface area contributed by atoms with Crippen molar-refractivity contribution >= 4 is 22.4 Å². The van der Waals surface area contributed by atoms with Gasteiger partial charge in [-0.3, -0.25) is 0 Å². The van der Waals surface area contributed by atoms with Gasteiger partial charge in [-0.25, -0.2) is 9.97 Å². The first-order chi connectivity index (χ1) is 8.69. The average Bonchev–Trinajstić information content (AvgIpc) is 2.93. The Hall–Kier alpha value is -1.72. The molecular weight excluding hydrogens is 246 g/mol. The third kappa shape index (κ3) is 1.72. The summed E-state index contributed by atoms with van der Waals surface area (Å²) in [6, 6.07) is 5.95. The number of nitrogens with zero attached hydrogens (tertiary/aromatic N) is 2. The Morgan fingerprint density at radius 2 is 2.11 bits per heavy atom. The summed E-state index contributed by atoms with van der Waals surface area (Å²) in [6.45, 7) is 4.42. The predicted molar refractivity (Wildman–Crippen MR) is 72.5 cm³/mol. The van der Waals surface area contributed by atoms with Crippen molar-refractivity contribution in [3.63, 3.8) is 0 Å². The SMILES string of the molecule is Cc1nc(CN)sc1-c1nc2cccc(C)c2o1. The van der Waals surface area contributed by atoms with Gasteiger partial charge in [0.2, 0.25) is 5.89 Å². The van der Waals surface area contributed by atoms with Gasteiger partial charge >= 0.3 is 0 Å². The van der Waals surface area contributed by atoms with Crippen LogP contribution in [0.5, 0.6) is 0 Å². The first kappa shape index (κ1) is 11.4. The monoisotopic (exact) mass is 259 g/mol. The van der Waals surface area contributed by atoms with Gasteiger partial charge in [-0.1, -0.05) is 12.1 Å². The summed E-state index contributed by atoms with van der Waals surface area (Å²) in [4.78, 5) is 9.87. The maximum atomic E-state index is 5.84. The van der Waals surface area contributed by atoms with E-state index in [1.54, 1.807) is 11.3 Å². The van der Waals surface area contributed by atoms with Crippen molar-refractivity contribution in [1.29, 1.82) is 0 Å². The highest BCUT2D eigenvalue weighted by Gasteiger charge is 2.15. The quantitative estimate of drug-likeness (QED) is 0.768. The molecule has 0 atom stereocenters. The molecule has 0 unspecified atom stereocenters. The first-order valence-electron chi connectivity index (χ1n) is 5.72. The van der Waals surface area contributed by atoms with E-state index in [4.69, 9.17) is 10.2 Å². The molecule has 0 saturated carbocycles. The zero-order valence-electron chi connectivity index (χ0n) is 10.2. The van der Waals surface area contributed by atoms with E-state index in [1.165, 1.54) is 0 Å². The summed E-state index contributed by atoms with van der Waals surface area (Å²) in [5.41, 5.74) is 9.34. The summed E-state index contributed by atoms with van der Waals surface area (Å²) < 4.78 is 5.84. The number of thiazole rings is 1. The number of fused-ring (bicyclic) bond motifs is 1. The molecule has 0 aliphatic carbocycles. The van der Waals surface area contributed by atoms with Crippen LogP contribution in [0.25, 0.3) is 21.9 Å². The van der Waals surface area contributed by atoms with Crippen molar-refractivity contribution in [2.24, 2.45) is 5.73 Å². The Bertz CT molecular complexity index is 714. The Kier molecular flexibility index (Phi) is 2.65. The lowest BCUT2D eigenvalue weighted by Gasteiger charge is -1.90. The second kappa shape index (κ2) is 4.19. The van der Waals surface area contributed by atoms with E-state index >= 15 is 0 Å². The number of hydrogen-bond donors (Lipinski definition) is 1. The van der Waals surface area contributed by atoms with E-state index in [0.717, 1.165) is 32.2 Å². The number of aryl methyl sites for hydroxylation is 2. The largest absolute Gasteiger partial charge is 0.435 e. The van der Waals surface area contributed by atoms with Crippen LogP contribution in [-0.2, 0) is 6.54 Å². The second-order valence-electron chi connectivity index (χ2n) is 4.17. The van der Waals surface area contributed by atoms with Crippen LogP contribution < -0.4 is 5.73 Å². The number of aromatic nitrogens is 2. The van der Waals surface area contributed by atoms with Gasteiger partial charge in [0, 0.05) is 6.54 Å². The zero-order valence-corrected chi connectivity index (χ0v) is 11.0. The maximum Gasteiger partial charge on any atom is 0.239 e. The molecule has 5 heteroatoms. The minimum Gasteiger partial charge on any atom is -0.435 e. The van der Waals surface area contributed by atoms with Gasteiger partial charge in [0.1, 0.15) is 15.4 Å². The van der Waals surface area contributed by atoms with Crippen LogP contribution in [0.2, 0.25) is 0 Å². The van der Waals surface area contributed by atoms with Crippen LogP contribution in [-0.4, -0.2) is 9.97 Å². The molecule has 3 aromatic rings. The molecule has 0 saturated heterocycles. The second-order valence-corrected chi connectivity index (χ2v) is 5.25. The first-order valence-corrected chi connectivity index (χ1v) is 6.53. The number of oxazole rings is 1. The smallest absolute Gasteiger partial charge is 0.239 e. The van der Waals surface area contributed by atoms with Crippen molar-refractivity contribution in [2.45, 2.75) is 20.4 Å². The van der Waals surface area contributed by atoms with Gasteiger partial charge in [0.15, 0.2) is 5.58 Å². The van der Waals surface area contributed by atoms with Crippen LogP contribution >= 0.6 is 11.3 Å². The normalized spacial score (nSPS) is 11.3. The number of nitrogens with two attached hydrogens (primary N) is 1. The number of benzene rings is 1. The van der Waals surface area contributed by atoms with E-state index in [1.807, 2.05) is 32.0 Å². The fraction of sp³-hybridized carbons (Fsp3) is 0.231. The molecule has 0 aliphatic heterocycles. The highest BCUT2D eigenvalue weighted by Crippen LogP contribution is 2.32. The molecule has 0 fully saturated rings. The Morgan fingerprint density at radius 1 is 1.28 bits per heavy atom. The van der Waals surface area contributed by atoms with Crippen LogP contribution in [0.15, 0.2) is 22.6 Å². The molecule has 0 aliphatic rings. The lowest BCUT2D eigenvalue weighted by Crippen LogP contribution is -1.94.